The fourth-order valence-corrected chi connectivity index (χ4v) is 6.06. The van der Waals surface area contributed by atoms with Gasteiger partial charge in [0.15, 0.2) is 0 Å². The summed E-state index contributed by atoms with van der Waals surface area (Å²) in [6.45, 7) is 3.52. The highest BCUT2D eigenvalue weighted by Gasteiger charge is 2.34. The summed E-state index contributed by atoms with van der Waals surface area (Å²) in [5, 5.41) is 4.03. The summed E-state index contributed by atoms with van der Waals surface area (Å²) in [7, 11) is -3.90. The van der Waals surface area contributed by atoms with Crippen molar-refractivity contribution in [2.75, 3.05) is 23.7 Å². The van der Waals surface area contributed by atoms with Crippen LogP contribution in [-0.2, 0) is 32.6 Å². The number of sulfonamides is 1. The van der Waals surface area contributed by atoms with Crippen molar-refractivity contribution in [2.45, 2.75) is 45.7 Å². The van der Waals surface area contributed by atoms with E-state index < -0.39 is 28.5 Å². The molecule has 0 fully saturated rings. The number of carbonyl (C=O) groups excluding carboxylic acids is 2. The highest BCUT2D eigenvalue weighted by molar-refractivity contribution is 7.92. The van der Waals surface area contributed by atoms with Crippen LogP contribution in [0.25, 0.3) is 0 Å². The van der Waals surface area contributed by atoms with Crippen LogP contribution < -0.4 is 9.62 Å². The van der Waals surface area contributed by atoms with E-state index >= 15 is 0 Å². The number of anilines is 1. The zero-order valence-electron chi connectivity index (χ0n) is 23.2. The first-order chi connectivity index (χ1) is 19.4. The van der Waals surface area contributed by atoms with Gasteiger partial charge < -0.3 is 10.2 Å². The van der Waals surface area contributed by atoms with Gasteiger partial charge in [-0.05, 0) is 54.8 Å². The van der Waals surface area contributed by atoms with Crippen molar-refractivity contribution in [2.24, 2.45) is 0 Å². The van der Waals surface area contributed by atoms with Crippen LogP contribution in [0.5, 0.6) is 0 Å². The van der Waals surface area contributed by atoms with Crippen LogP contribution in [0.1, 0.15) is 36.5 Å². The number of rotatable bonds is 13. The molecule has 220 valence electrons. The third-order valence-corrected chi connectivity index (χ3v) is 8.67. The van der Waals surface area contributed by atoms with Gasteiger partial charge in [0.2, 0.25) is 21.8 Å². The van der Waals surface area contributed by atoms with E-state index in [9.17, 15) is 18.0 Å². The van der Waals surface area contributed by atoms with Gasteiger partial charge in [0.1, 0.15) is 12.6 Å². The van der Waals surface area contributed by atoms with Crippen LogP contribution in [0.3, 0.4) is 0 Å². The average Bonchev–Trinajstić information content (AvgIpc) is 2.91. The van der Waals surface area contributed by atoms with Gasteiger partial charge in [0.25, 0.3) is 0 Å². The lowest BCUT2D eigenvalue weighted by Crippen LogP contribution is -2.53. The van der Waals surface area contributed by atoms with Crippen molar-refractivity contribution in [1.82, 2.24) is 10.2 Å². The van der Waals surface area contributed by atoms with Gasteiger partial charge >= 0.3 is 0 Å². The zero-order valence-corrected chi connectivity index (χ0v) is 26.3. The van der Waals surface area contributed by atoms with E-state index in [0.29, 0.717) is 38.4 Å². The Hall–Kier alpha value is -2.78. The highest BCUT2D eigenvalue weighted by Crippen LogP contribution is 2.29. The standard InChI is InChI=1S/C30H34Cl3N3O4S/c1-4-5-16-34-30(38)28(18-22-10-7-6-8-11-22)35(19-24-25(32)12-9-13-26(24)33)29(37)20-36(41(3,39)40)27-15-14-23(31)17-21(27)2/h6-15,17,28H,4-5,16,18-20H2,1-3H3,(H,34,38)/t28-/m1/s1. The van der Waals surface area contributed by atoms with Crippen LogP contribution in [0.2, 0.25) is 15.1 Å². The third-order valence-electron chi connectivity index (χ3n) is 6.60. The minimum atomic E-state index is -3.90. The van der Waals surface area contributed by atoms with E-state index in [4.69, 9.17) is 34.8 Å². The second-order valence-electron chi connectivity index (χ2n) is 9.77. The second kappa shape index (κ2) is 14.9. The molecule has 0 saturated heterocycles. The molecule has 1 atom stereocenters. The van der Waals surface area contributed by atoms with E-state index in [1.54, 1.807) is 43.3 Å². The third kappa shape index (κ3) is 9.10. The van der Waals surface area contributed by atoms with E-state index in [1.165, 1.54) is 4.90 Å². The molecule has 0 spiro atoms. The van der Waals surface area contributed by atoms with Gasteiger partial charge in [-0.15, -0.1) is 0 Å². The number of nitrogens with zero attached hydrogens (tertiary/aromatic N) is 2. The summed E-state index contributed by atoms with van der Waals surface area (Å²) in [6.07, 6.45) is 2.88. The molecule has 3 aromatic rings. The van der Waals surface area contributed by atoms with Gasteiger partial charge in [0.05, 0.1) is 11.9 Å². The Morgan fingerprint density at radius 3 is 2.20 bits per heavy atom. The summed E-state index contributed by atoms with van der Waals surface area (Å²) in [5.41, 5.74) is 2.18. The molecule has 1 N–H and O–H groups in total. The van der Waals surface area contributed by atoms with Crippen LogP contribution >= 0.6 is 34.8 Å². The maximum absolute atomic E-state index is 14.2. The molecule has 0 heterocycles. The van der Waals surface area contributed by atoms with Crippen molar-refractivity contribution < 1.29 is 18.0 Å². The van der Waals surface area contributed by atoms with Crippen molar-refractivity contribution in [3.8, 4) is 0 Å². The molecule has 0 unspecified atom stereocenters. The number of amides is 2. The second-order valence-corrected chi connectivity index (χ2v) is 12.9. The number of carbonyl (C=O) groups is 2. The number of hydrogen-bond donors (Lipinski definition) is 1. The smallest absolute Gasteiger partial charge is 0.244 e. The maximum atomic E-state index is 14.2. The maximum Gasteiger partial charge on any atom is 0.244 e. The number of benzene rings is 3. The highest BCUT2D eigenvalue weighted by atomic mass is 35.5. The monoisotopic (exact) mass is 637 g/mol. The topological polar surface area (TPSA) is 86.8 Å². The summed E-state index contributed by atoms with van der Waals surface area (Å²) < 4.78 is 27.0. The van der Waals surface area contributed by atoms with Gasteiger partial charge in [0, 0.05) is 40.1 Å². The van der Waals surface area contributed by atoms with Crippen LogP contribution in [0.15, 0.2) is 66.7 Å². The summed E-state index contributed by atoms with van der Waals surface area (Å²) >= 11 is 19.1. The molecule has 0 radical (unpaired) electrons. The van der Waals surface area contributed by atoms with Crippen LogP contribution in [-0.4, -0.2) is 50.5 Å². The Morgan fingerprint density at radius 1 is 0.951 bits per heavy atom. The fourth-order valence-electron chi connectivity index (χ4n) is 4.41. The number of aryl methyl sites for hydroxylation is 1. The van der Waals surface area contributed by atoms with Gasteiger partial charge in [-0.25, -0.2) is 8.42 Å². The molecule has 0 bridgehead atoms. The SMILES string of the molecule is CCCCNC(=O)[C@@H](Cc1ccccc1)N(Cc1c(Cl)cccc1Cl)C(=O)CN(c1ccc(Cl)cc1C)S(C)(=O)=O. The van der Waals surface area contributed by atoms with Crippen LogP contribution in [0, 0.1) is 6.92 Å². The Balaban J connectivity index is 2.10. The predicted molar refractivity (Wildman–Crippen MR) is 167 cm³/mol. The van der Waals surface area contributed by atoms with Crippen molar-refractivity contribution in [3.05, 3.63) is 98.5 Å². The summed E-state index contributed by atoms with van der Waals surface area (Å²) in [6, 6.07) is 18.1. The average molecular weight is 639 g/mol. The molecule has 0 aliphatic carbocycles. The molecule has 7 nitrogen and oxygen atoms in total. The first-order valence-electron chi connectivity index (χ1n) is 13.2. The van der Waals surface area contributed by atoms with E-state index in [0.717, 1.165) is 29.0 Å². The van der Waals surface area contributed by atoms with Crippen molar-refractivity contribution in [3.63, 3.8) is 0 Å². The summed E-state index contributed by atoms with van der Waals surface area (Å²) in [5.74, 6) is -0.945. The molecule has 41 heavy (non-hydrogen) atoms. The van der Waals surface area contributed by atoms with Crippen molar-refractivity contribution >= 4 is 62.3 Å². The fraction of sp³-hybridized carbons (Fsp3) is 0.333. The molecule has 0 aromatic heterocycles. The largest absolute Gasteiger partial charge is 0.354 e. The Bertz CT molecular complexity index is 1450. The number of hydrogen-bond acceptors (Lipinski definition) is 4. The molecule has 11 heteroatoms. The lowest BCUT2D eigenvalue weighted by atomic mass is 10.0. The number of halogens is 3. The Labute approximate surface area is 257 Å². The molecule has 0 aliphatic rings. The molecule has 3 rings (SSSR count). The first-order valence-corrected chi connectivity index (χ1v) is 16.2. The molecular formula is C30H34Cl3N3O4S. The predicted octanol–water partition coefficient (Wildman–Crippen LogP) is 6.28. The molecule has 2 amide bonds. The summed E-state index contributed by atoms with van der Waals surface area (Å²) in [4.78, 5) is 29.2. The Morgan fingerprint density at radius 2 is 1.61 bits per heavy atom. The van der Waals surface area contributed by atoms with Gasteiger partial charge in [-0.2, -0.15) is 0 Å². The minimum Gasteiger partial charge on any atom is -0.354 e. The van der Waals surface area contributed by atoms with E-state index in [2.05, 4.69) is 5.32 Å². The number of unbranched alkanes of at least 4 members (excludes halogenated alkanes) is 1. The minimum absolute atomic E-state index is 0.104. The lowest BCUT2D eigenvalue weighted by molar-refractivity contribution is -0.140. The Kier molecular flexibility index (Phi) is 11.9. The van der Waals surface area contributed by atoms with Gasteiger partial charge in [-0.3, -0.25) is 13.9 Å². The van der Waals surface area contributed by atoms with Crippen molar-refractivity contribution in [1.29, 1.82) is 0 Å². The first kappa shape index (κ1) is 32.7. The molecule has 0 aliphatic heterocycles. The zero-order chi connectivity index (χ0) is 30.2. The van der Waals surface area contributed by atoms with Crippen LogP contribution in [0.4, 0.5) is 5.69 Å². The molecule has 0 saturated carbocycles. The molecular weight excluding hydrogens is 605 g/mol. The molecule has 3 aromatic carbocycles. The lowest BCUT2D eigenvalue weighted by Gasteiger charge is -2.34. The normalized spacial score (nSPS) is 12.0. The number of nitrogens with one attached hydrogen (secondary N) is 1. The quantitative estimate of drug-likeness (QED) is 0.223. The van der Waals surface area contributed by atoms with E-state index in [-0.39, 0.29) is 18.9 Å². The van der Waals surface area contributed by atoms with Gasteiger partial charge in [-0.1, -0.05) is 84.5 Å². The van der Waals surface area contributed by atoms with E-state index in [1.807, 2.05) is 37.3 Å².